The van der Waals surface area contributed by atoms with Crippen molar-refractivity contribution in [2.75, 3.05) is 19.8 Å². The van der Waals surface area contributed by atoms with Crippen molar-refractivity contribution in [1.29, 1.82) is 0 Å². The summed E-state index contributed by atoms with van der Waals surface area (Å²) >= 11 is 0. The summed E-state index contributed by atoms with van der Waals surface area (Å²) in [6.07, 6.45) is 1.20. The van der Waals surface area contributed by atoms with E-state index in [0.717, 1.165) is 12.8 Å². The molecule has 1 rings (SSSR count). The van der Waals surface area contributed by atoms with Gasteiger partial charge in [-0.2, -0.15) is 0 Å². The number of aliphatic hydroxyl groups is 1. The molecule has 1 amide bonds. The fraction of sp³-hybridized carbons (Fsp3) is 0.929. The number of carbonyl (C=O) groups excluding carboxylic acids is 1. The van der Waals surface area contributed by atoms with Crippen LogP contribution in [0.25, 0.3) is 0 Å². The van der Waals surface area contributed by atoms with Gasteiger partial charge in [-0.15, -0.1) is 0 Å². The van der Waals surface area contributed by atoms with E-state index >= 15 is 0 Å². The summed E-state index contributed by atoms with van der Waals surface area (Å²) in [6.45, 7) is 9.83. The van der Waals surface area contributed by atoms with Crippen LogP contribution in [-0.4, -0.2) is 36.9 Å². The van der Waals surface area contributed by atoms with Gasteiger partial charge >= 0.3 is 0 Å². The Morgan fingerprint density at radius 3 is 2.44 bits per heavy atom. The fourth-order valence-electron chi connectivity index (χ4n) is 2.43. The average Bonchev–Trinajstić information content (AvgIpc) is 2.36. The van der Waals surface area contributed by atoms with Gasteiger partial charge in [-0.1, -0.05) is 27.7 Å². The Morgan fingerprint density at radius 2 is 1.94 bits per heavy atom. The first-order chi connectivity index (χ1) is 8.34. The second kappa shape index (κ2) is 6.53. The third-order valence-electron chi connectivity index (χ3n) is 3.74. The molecular weight excluding hydrogens is 230 g/mol. The minimum Gasteiger partial charge on any atom is -0.392 e. The van der Waals surface area contributed by atoms with Crippen LogP contribution in [0, 0.1) is 17.3 Å². The molecule has 1 fully saturated rings. The highest BCUT2D eigenvalue weighted by Gasteiger charge is 2.31. The number of amides is 1. The topological polar surface area (TPSA) is 58.6 Å². The van der Waals surface area contributed by atoms with Crippen molar-refractivity contribution in [1.82, 2.24) is 5.32 Å². The normalized spacial score (nSPS) is 19.9. The average molecular weight is 257 g/mol. The molecule has 1 unspecified atom stereocenters. The zero-order chi connectivity index (χ0) is 13.8. The van der Waals surface area contributed by atoms with Crippen molar-refractivity contribution in [3.05, 3.63) is 0 Å². The molecule has 1 aliphatic heterocycles. The van der Waals surface area contributed by atoms with Gasteiger partial charge in [0.1, 0.15) is 0 Å². The molecule has 0 aromatic heterocycles. The first kappa shape index (κ1) is 15.4. The van der Waals surface area contributed by atoms with E-state index in [4.69, 9.17) is 4.74 Å². The molecule has 1 aliphatic rings. The molecule has 0 aliphatic carbocycles. The molecular formula is C14H27NO3. The van der Waals surface area contributed by atoms with Crippen LogP contribution in [0.2, 0.25) is 0 Å². The minimum absolute atomic E-state index is 0.0748. The zero-order valence-corrected chi connectivity index (χ0v) is 12.0. The maximum Gasteiger partial charge on any atom is 0.223 e. The van der Waals surface area contributed by atoms with Crippen LogP contribution in [0.15, 0.2) is 0 Å². The van der Waals surface area contributed by atoms with Crippen LogP contribution in [-0.2, 0) is 9.53 Å². The van der Waals surface area contributed by atoms with Crippen LogP contribution in [0.3, 0.4) is 0 Å². The molecule has 0 bridgehead atoms. The lowest BCUT2D eigenvalue weighted by atomic mass is 9.80. The molecule has 0 aromatic carbocycles. The third-order valence-corrected chi connectivity index (χ3v) is 3.74. The second-order valence-corrected chi connectivity index (χ2v) is 6.28. The summed E-state index contributed by atoms with van der Waals surface area (Å²) in [7, 11) is 0. The lowest BCUT2D eigenvalue weighted by Crippen LogP contribution is -2.45. The van der Waals surface area contributed by atoms with Gasteiger partial charge in [-0.05, 0) is 18.8 Å². The maximum absolute atomic E-state index is 12.0. The van der Waals surface area contributed by atoms with E-state index < -0.39 is 6.10 Å². The largest absolute Gasteiger partial charge is 0.392 e. The van der Waals surface area contributed by atoms with E-state index in [9.17, 15) is 9.90 Å². The van der Waals surface area contributed by atoms with Crippen LogP contribution >= 0.6 is 0 Å². The second-order valence-electron chi connectivity index (χ2n) is 6.28. The Hall–Kier alpha value is -0.610. The summed E-state index contributed by atoms with van der Waals surface area (Å²) in [5, 5.41) is 13.1. The molecule has 2 N–H and O–H groups in total. The van der Waals surface area contributed by atoms with Crippen molar-refractivity contribution in [2.24, 2.45) is 17.3 Å². The van der Waals surface area contributed by atoms with Crippen LogP contribution in [0.1, 0.15) is 40.5 Å². The van der Waals surface area contributed by atoms with Gasteiger partial charge in [-0.3, -0.25) is 4.79 Å². The van der Waals surface area contributed by atoms with Crippen molar-refractivity contribution < 1.29 is 14.6 Å². The number of rotatable bonds is 5. The lowest BCUT2D eigenvalue weighted by molar-refractivity contribution is -0.128. The minimum atomic E-state index is -0.410. The van der Waals surface area contributed by atoms with E-state index in [1.54, 1.807) is 0 Å². The first-order valence-electron chi connectivity index (χ1n) is 6.88. The van der Waals surface area contributed by atoms with Crippen molar-refractivity contribution in [2.45, 2.75) is 46.6 Å². The molecule has 0 spiro atoms. The SMILES string of the molecule is CC(C)C(O)C(C)(C)CNC(=O)C1CCOCC1. The Bertz CT molecular complexity index is 270. The number of carbonyl (C=O) groups is 1. The fourth-order valence-corrected chi connectivity index (χ4v) is 2.43. The number of ether oxygens (including phenoxy) is 1. The number of hydrogen-bond acceptors (Lipinski definition) is 3. The van der Waals surface area contributed by atoms with Gasteiger partial charge in [0.2, 0.25) is 5.91 Å². The van der Waals surface area contributed by atoms with Gasteiger partial charge < -0.3 is 15.2 Å². The van der Waals surface area contributed by atoms with Crippen LogP contribution in [0.4, 0.5) is 0 Å². The summed E-state index contributed by atoms with van der Waals surface area (Å²) in [5.74, 6) is 0.369. The summed E-state index contributed by atoms with van der Waals surface area (Å²) in [6, 6.07) is 0. The number of aliphatic hydroxyl groups excluding tert-OH is 1. The Morgan fingerprint density at radius 1 is 1.39 bits per heavy atom. The quantitative estimate of drug-likeness (QED) is 0.786. The maximum atomic E-state index is 12.0. The van der Waals surface area contributed by atoms with Gasteiger partial charge in [0.25, 0.3) is 0 Å². The summed E-state index contributed by atoms with van der Waals surface area (Å²) in [5.41, 5.74) is -0.297. The van der Waals surface area contributed by atoms with E-state index in [0.29, 0.717) is 19.8 Å². The standard InChI is InChI=1S/C14H27NO3/c1-10(2)12(16)14(3,4)9-15-13(17)11-5-7-18-8-6-11/h10-12,16H,5-9H2,1-4H3,(H,15,17). The lowest BCUT2D eigenvalue weighted by Gasteiger charge is -2.34. The number of hydrogen-bond donors (Lipinski definition) is 2. The summed E-state index contributed by atoms with van der Waals surface area (Å²) in [4.78, 5) is 12.0. The molecule has 0 aromatic rings. The monoisotopic (exact) mass is 257 g/mol. The smallest absolute Gasteiger partial charge is 0.223 e. The van der Waals surface area contributed by atoms with E-state index in [1.807, 2.05) is 27.7 Å². The molecule has 106 valence electrons. The molecule has 4 nitrogen and oxygen atoms in total. The highest BCUT2D eigenvalue weighted by atomic mass is 16.5. The molecule has 1 saturated heterocycles. The molecule has 1 heterocycles. The van der Waals surface area contributed by atoms with E-state index in [-0.39, 0.29) is 23.2 Å². The van der Waals surface area contributed by atoms with Gasteiger partial charge in [-0.25, -0.2) is 0 Å². The molecule has 1 atom stereocenters. The van der Waals surface area contributed by atoms with Crippen LogP contribution < -0.4 is 5.32 Å². The highest BCUT2D eigenvalue weighted by molar-refractivity contribution is 5.78. The predicted octanol–water partition coefficient (Wildman–Crippen LogP) is 1.57. The summed E-state index contributed by atoms with van der Waals surface area (Å²) < 4.78 is 5.24. The molecule has 0 saturated carbocycles. The molecule has 18 heavy (non-hydrogen) atoms. The first-order valence-corrected chi connectivity index (χ1v) is 6.88. The van der Waals surface area contributed by atoms with Gasteiger partial charge in [0, 0.05) is 31.1 Å². The van der Waals surface area contributed by atoms with Crippen molar-refractivity contribution in [3.8, 4) is 0 Å². The van der Waals surface area contributed by atoms with Crippen molar-refractivity contribution >= 4 is 5.91 Å². The van der Waals surface area contributed by atoms with Crippen LogP contribution in [0.5, 0.6) is 0 Å². The van der Waals surface area contributed by atoms with Gasteiger partial charge in [0.15, 0.2) is 0 Å². The van der Waals surface area contributed by atoms with E-state index in [2.05, 4.69) is 5.32 Å². The van der Waals surface area contributed by atoms with Gasteiger partial charge in [0.05, 0.1) is 6.10 Å². The Labute approximate surface area is 110 Å². The zero-order valence-electron chi connectivity index (χ0n) is 12.0. The third kappa shape index (κ3) is 4.25. The Kier molecular flexibility index (Phi) is 5.60. The van der Waals surface area contributed by atoms with Crippen molar-refractivity contribution in [3.63, 3.8) is 0 Å². The molecule has 0 radical (unpaired) electrons. The Balaban J connectivity index is 2.41. The predicted molar refractivity (Wildman–Crippen MR) is 71.2 cm³/mol. The highest BCUT2D eigenvalue weighted by Crippen LogP contribution is 2.25. The number of nitrogens with one attached hydrogen (secondary N) is 1. The molecule has 4 heteroatoms. The van der Waals surface area contributed by atoms with E-state index in [1.165, 1.54) is 0 Å².